The zero-order valence-electron chi connectivity index (χ0n) is 10.5. The Balaban J connectivity index is 2.60. The number of nitrogens with zero attached hydrogens (tertiary/aromatic N) is 2. The van der Waals surface area contributed by atoms with E-state index in [1.807, 2.05) is 13.0 Å². The van der Waals surface area contributed by atoms with Crippen LogP contribution in [0.25, 0.3) is 11.4 Å². The number of methoxy groups -OCH3 is 1. The Morgan fingerprint density at radius 3 is 2.72 bits per heavy atom. The van der Waals surface area contributed by atoms with Gasteiger partial charge in [-0.15, -0.1) is 0 Å². The number of rotatable bonds is 3. The first-order valence-electron chi connectivity index (χ1n) is 5.48. The molecule has 0 aliphatic heterocycles. The van der Waals surface area contributed by atoms with Crippen LogP contribution in [0.4, 0.5) is 0 Å². The molecule has 0 bridgehead atoms. The van der Waals surface area contributed by atoms with E-state index in [1.54, 1.807) is 14.0 Å². The van der Waals surface area contributed by atoms with Crippen molar-refractivity contribution in [3.05, 3.63) is 23.1 Å². The van der Waals surface area contributed by atoms with Crippen LogP contribution in [0.5, 0.6) is 11.5 Å². The largest absolute Gasteiger partial charge is 0.507 e. The van der Waals surface area contributed by atoms with E-state index in [4.69, 9.17) is 15.0 Å². The van der Waals surface area contributed by atoms with Crippen LogP contribution >= 0.6 is 0 Å². The summed E-state index contributed by atoms with van der Waals surface area (Å²) in [4.78, 5) is 4.11. The van der Waals surface area contributed by atoms with Crippen molar-refractivity contribution in [3.63, 3.8) is 0 Å². The molecule has 6 nitrogen and oxygen atoms in total. The predicted molar refractivity (Wildman–Crippen MR) is 65.3 cm³/mol. The van der Waals surface area contributed by atoms with Crippen LogP contribution in [0, 0.1) is 13.8 Å². The highest BCUT2D eigenvalue weighted by atomic mass is 16.5. The van der Waals surface area contributed by atoms with Crippen molar-refractivity contribution in [1.29, 1.82) is 0 Å². The summed E-state index contributed by atoms with van der Waals surface area (Å²) in [6.07, 6.45) is 0. The SMILES string of the molecule is COc1cc(C)c(-c2noc(CN)n2)c(O)c1C. The van der Waals surface area contributed by atoms with Gasteiger partial charge in [-0.3, -0.25) is 0 Å². The molecule has 0 saturated heterocycles. The average Bonchev–Trinajstić information content (AvgIpc) is 2.82. The molecule has 0 unspecified atom stereocenters. The van der Waals surface area contributed by atoms with Crippen molar-refractivity contribution in [2.24, 2.45) is 5.73 Å². The van der Waals surface area contributed by atoms with Crippen LogP contribution in [0.2, 0.25) is 0 Å². The highest BCUT2D eigenvalue weighted by Crippen LogP contribution is 2.38. The van der Waals surface area contributed by atoms with Crippen LogP contribution < -0.4 is 10.5 Å². The van der Waals surface area contributed by atoms with Gasteiger partial charge in [0.2, 0.25) is 11.7 Å². The molecule has 1 aromatic carbocycles. The van der Waals surface area contributed by atoms with Crippen molar-refractivity contribution in [2.75, 3.05) is 7.11 Å². The number of phenolic OH excluding ortho intramolecular Hbond substituents is 1. The summed E-state index contributed by atoms with van der Waals surface area (Å²) in [7, 11) is 1.56. The highest BCUT2D eigenvalue weighted by Gasteiger charge is 2.19. The van der Waals surface area contributed by atoms with Crippen LogP contribution in [0.1, 0.15) is 17.0 Å². The fourth-order valence-electron chi connectivity index (χ4n) is 1.80. The van der Waals surface area contributed by atoms with Gasteiger partial charge >= 0.3 is 0 Å². The molecule has 6 heteroatoms. The van der Waals surface area contributed by atoms with E-state index < -0.39 is 0 Å². The van der Waals surface area contributed by atoms with Gasteiger partial charge in [0.25, 0.3) is 0 Å². The monoisotopic (exact) mass is 249 g/mol. The topological polar surface area (TPSA) is 94.4 Å². The lowest BCUT2D eigenvalue weighted by molar-refractivity contribution is 0.380. The van der Waals surface area contributed by atoms with E-state index >= 15 is 0 Å². The molecule has 0 aliphatic carbocycles. The molecule has 0 amide bonds. The predicted octanol–water partition coefficient (Wildman–Crippen LogP) is 1.53. The number of phenols is 1. The van der Waals surface area contributed by atoms with E-state index in [0.717, 1.165) is 5.56 Å². The van der Waals surface area contributed by atoms with Gasteiger partial charge in [-0.2, -0.15) is 4.98 Å². The lowest BCUT2D eigenvalue weighted by Crippen LogP contribution is -1.97. The molecule has 18 heavy (non-hydrogen) atoms. The Hall–Kier alpha value is -2.08. The number of benzene rings is 1. The fourth-order valence-corrected chi connectivity index (χ4v) is 1.80. The molecule has 2 aromatic rings. The average molecular weight is 249 g/mol. The first-order valence-corrected chi connectivity index (χ1v) is 5.48. The number of aromatic hydroxyl groups is 1. The van der Waals surface area contributed by atoms with Gasteiger partial charge in [-0.05, 0) is 25.5 Å². The third kappa shape index (κ3) is 1.91. The molecule has 3 N–H and O–H groups in total. The normalized spacial score (nSPS) is 10.7. The smallest absolute Gasteiger partial charge is 0.240 e. The molecule has 1 aromatic heterocycles. The molecule has 0 atom stereocenters. The van der Waals surface area contributed by atoms with E-state index in [0.29, 0.717) is 28.6 Å². The molecule has 2 rings (SSSR count). The fraction of sp³-hybridized carbons (Fsp3) is 0.333. The Kier molecular flexibility index (Phi) is 3.20. The van der Waals surface area contributed by atoms with E-state index in [1.165, 1.54) is 0 Å². The lowest BCUT2D eigenvalue weighted by atomic mass is 10.0. The van der Waals surface area contributed by atoms with Crippen LogP contribution in [-0.2, 0) is 6.54 Å². The number of aryl methyl sites for hydroxylation is 1. The maximum atomic E-state index is 10.2. The van der Waals surface area contributed by atoms with Crippen LogP contribution in [0.15, 0.2) is 10.6 Å². The zero-order chi connectivity index (χ0) is 13.3. The highest BCUT2D eigenvalue weighted by molar-refractivity contribution is 5.72. The zero-order valence-corrected chi connectivity index (χ0v) is 10.5. The molecule has 1 heterocycles. The minimum Gasteiger partial charge on any atom is -0.507 e. The molecular formula is C12H15N3O3. The number of ether oxygens (including phenoxy) is 1. The van der Waals surface area contributed by atoms with Gasteiger partial charge in [0.05, 0.1) is 19.2 Å². The van der Waals surface area contributed by atoms with Crippen molar-refractivity contribution in [3.8, 4) is 22.9 Å². The summed E-state index contributed by atoms with van der Waals surface area (Å²) in [5.41, 5.74) is 7.39. The Bertz CT molecular complexity index is 578. The first kappa shape index (κ1) is 12.4. The molecule has 0 saturated carbocycles. The standard InChI is InChI=1S/C12H15N3O3/c1-6-4-8(17-3)7(2)11(16)10(6)12-14-9(5-13)18-15-12/h4,16H,5,13H2,1-3H3. The summed E-state index contributed by atoms with van der Waals surface area (Å²) in [6.45, 7) is 3.78. The second-order valence-corrected chi connectivity index (χ2v) is 3.96. The number of aromatic nitrogens is 2. The number of hydrogen-bond acceptors (Lipinski definition) is 6. The van der Waals surface area contributed by atoms with Crippen molar-refractivity contribution < 1.29 is 14.4 Å². The van der Waals surface area contributed by atoms with Crippen molar-refractivity contribution in [2.45, 2.75) is 20.4 Å². The van der Waals surface area contributed by atoms with Gasteiger partial charge in [0.15, 0.2) is 0 Å². The molecule has 0 spiro atoms. The summed E-state index contributed by atoms with van der Waals surface area (Å²) >= 11 is 0. The van der Waals surface area contributed by atoms with E-state index in [-0.39, 0.29) is 12.3 Å². The minimum absolute atomic E-state index is 0.0937. The first-order chi connectivity index (χ1) is 8.58. The second kappa shape index (κ2) is 4.66. The van der Waals surface area contributed by atoms with Gasteiger partial charge in [-0.25, -0.2) is 0 Å². The molecule has 0 aliphatic rings. The van der Waals surface area contributed by atoms with Gasteiger partial charge in [-0.1, -0.05) is 5.16 Å². The van der Waals surface area contributed by atoms with Crippen LogP contribution in [-0.4, -0.2) is 22.4 Å². The molecule has 0 fully saturated rings. The maximum Gasteiger partial charge on any atom is 0.240 e. The van der Waals surface area contributed by atoms with Crippen LogP contribution in [0.3, 0.4) is 0 Å². The Morgan fingerprint density at radius 1 is 1.44 bits per heavy atom. The summed E-state index contributed by atoms with van der Waals surface area (Å²) < 4.78 is 10.1. The van der Waals surface area contributed by atoms with Gasteiger partial charge in [0.1, 0.15) is 11.5 Å². The minimum atomic E-state index is 0.0937. The molecule has 0 radical (unpaired) electrons. The molecule has 96 valence electrons. The lowest BCUT2D eigenvalue weighted by Gasteiger charge is -2.11. The maximum absolute atomic E-state index is 10.2. The summed E-state index contributed by atoms with van der Waals surface area (Å²) in [5.74, 6) is 1.38. The quantitative estimate of drug-likeness (QED) is 0.856. The van der Waals surface area contributed by atoms with E-state index in [2.05, 4.69) is 10.1 Å². The van der Waals surface area contributed by atoms with Gasteiger partial charge < -0.3 is 20.1 Å². The van der Waals surface area contributed by atoms with Crippen molar-refractivity contribution in [1.82, 2.24) is 10.1 Å². The number of hydrogen-bond donors (Lipinski definition) is 2. The van der Waals surface area contributed by atoms with Crippen molar-refractivity contribution >= 4 is 0 Å². The Labute approximate surface area is 104 Å². The Morgan fingerprint density at radius 2 is 2.17 bits per heavy atom. The van der Waals surface area contributed by atoms with E-state index in [9.17, 15) is 5.11 Å². The third-order valence-corrected chi connectivity index (χ3v) is 2.79. The summed E-state index contributed by atoms with van der Waals surface area (Å²) in [6, 6.07) is 1.82. The van der Waals surface area contributed by atoms with Gasteiger partial charge in [0, 0.05) is 5.56 Å². The number of nitrogens with two attached hydrogens (primary N) is 1. The summed E-state index contributed by atoms with van der Waals surface area (Å²) in [5, 5.41) is 14.0. The second-order valence-electron chi connectivity index (χ2n) is 3.96. The third-order valence-electron chi connectivity index (χ3n) is 2.79. The molecular weight excluding hydrogens is 234 g/mol.